The van der Waals surface area contributed by atoms with Crippen molar-refractivity contribution in [1.82, 2.24) is 15.0 Å². The molecule has 2 N–H and O–H groups in total. The third-order valence-corrected chi connectivity index (χ3v) is 3.92. The summed E-state index contributed by atoms with van der Waals surface area (Å²) in [7, 11) is 0. The second-order valence-electron chi connectivity index (χ2n) is 5.44. The Hall–Kier alpha value is -2.49. The molecule has 3 aromatic rings. The monoisotopic (exact) mass is 292 g/mol. The van der Waals surface area contributed by atoms with Crippen molar-refractivity contribution < 1.29 is 0 Å². The van der Waals surface area contributed by atoms with E-state index in [4.69, 9.17) is 10.7 Å². The molecule has 3 aromatic heterocycles. The largest absolute Gasteiger partial charge is 0.398 e. The summed E-state index contributed by atoms with van der Waals surface area (Å²) in [6.45, 7) is 2.21. The maximum atomic E-state index is 6.46. The predicted octanol–water partition coefficient (Wildman–Crippen LogP) is 4.01. The van der Waals surface area contributed by atoms with E-state index >= 15 is 0 Å². The van der Waals surface area contributed by atoms with Gasteiger partial charge in [0.05, 0.1) is 17.4 Å². The molecule has 0 aromatic carbocycles. The van der Waals surface area contributed by atoms with Gasteiger partial charge in [-0.05, 0) is 31.0 Å². The fourth-order valence-corrected chi connectivity index (χ4v) is 2.73. The van der Waals surface area contributed by atoms with E-state index in [0.29, 0.717) is 0 Å². The highest BCUT2D eigenvalue weighted by atomic mass is 14.8. The number of aromatic nitrogens is 3. The van der Waals surface area contributed by atoms with Crippen molar-refractivity contribution in [3.63, 3.8) is 0 Å². The van der Waals surface area contributed by atoms with Crippen LogP contribution in [-0.2, 0) is 6.42 Å². The highest BCUT2D eigenvalue weighted by molar-refractivity contribution is 5.94. The van der Waals surface area contributed by atoms with Crippen molar-refractivity contribution in [3.8, 4) is 11.3 Å². The van der Waals surface area contributed by atoms with Gasteiger partial charge in [-0.2, -0.15) is 0 Å². The molecule has 0 amide bonds. The lowest BCUT2D eigenvalue weighted by atomic mass is 9.97. The first kappa shape index (κ1) is 14.4. The summed E-state index contributed by atoms with van der Waals surface area (Å²) in [4.78, 5) is 13.1. The first-order chi connectivity index (χ1) is 10.8. The molecule has 0 fully saturated rings. The van der Waals surface area contributed by atoms with Crippen molar-refractivity contribution in [2.75, 3.05) is 5.73 Å². The minimum atomic E-state index is 0.829. The van der Waals surface area contributed by atoms with Crippen molar-refractivity contribution in [1.29, 1.82) is 0 Å². The number of unbranched alkanes of at least 4 members (excludes halogenated alkanes) is 2. The Morgan fingerprint density at radius 1 is 1.00 bits per heavy atom. The number of hydrogen-bond donors (Lipinski definition) is 1. The maximum Gasteiger partial charge on any atom is 0.0913 e. The first-order valence-electron chi connectivity index (χ1n) is 7.73. The van der Waals surface area contributed by atoms with Gasteiger partial charge in [0.25, 0.3) is 0 Å². The van der Waals surface area contributed by atoms with Gasteiger partial charge < -0.3 is 5.73 Å². The topological polar surface area (TPSA) is 64.7 Å². The fraction of sp³-hybridized carbons (Fsp3) is 0.278. The van der Waals surface area contributed by atoms with Gasteiger partial charge in [0.15, 0.2) is 0 Å². The Morgan fingerprint density at radius 2 is 1.77 bits per heavy atom. The number of nitrogen functional groups attached to an aromatic ring is 1. The van der Waals surface area contributed by atoms with Gasteiger partial charge >= 0.3 is 0 Å². The normalized spacial score (nSPS) is 11.0. The van der Waals surface area contributed by atoms with Gasteiger partial charge in [-0.15, -0.1) is 0 Å². The molecule has 0 aliphatic carbocycles. The van der Waals surface area contributed by atoms with Gasteiger partial charge in [-0.3, -0.25) is 9.97 Å². The lowest BCUT2D eigenvalue weighted by molar-refractivity contribution is 0.718. The molecule has 0 spiro atoms. The van der Waals surface area contributed by atoms with Gasteiger partial charge in [-0.25, -0.2) is 4.98 Å². The third-order valence-electron chi connectivity index (χ3n) is 3.92. The van der Waals surface area contributed by atoms with Crippen molar-refractivity contribution in [2.45, 2.75) is 32.6 Å². The number of fused-ring (bicyclic) bond motifs is 1. The van der Waals surface area contributed by atoms with Gasteiger partial charge in [0, 0.05) is 40.8 Å². The molecule has 0 radical (unpaired) electrons. The summed E-state index contributed by atoms with van der Waals surface area (Å²) in [5.41, 5.74) is 11.3. The molecule has 22 heavy (non-hydrogen) atoms. The van der Waals surface area contributed by atoms with Crippen LogP contribution < -0.4 is 5.73 Å². The van der Waals surface area contributed by atoms with Gasteiger partial charge in [0.2, 0.25) is 0 Å². The van der Waals surface area contributed by atoms with E-state index in [9.17, 15) is 0 Å². The summed E-state index contributed by atoms with van der Waals surface area (Å²) < 4.78 is 0. The van der Waals surface area contributed by atoms with Crippen LogP contribution >= 0.6 is 0 Å². The van der Waals surface area contributed by atoms with E-state index in [0.717, 1.165) is 46.3 Å². The Bertz CT molecular complexity index is 769. The quantitative estimate of drug-likeness (QED) is 0.722. The summed E-state index contributed by atoms with van der Waals surface area (Å²) in [5.74, 6) is 0. The molecule has 112 valence electrons. The van der Waals surface area contributed by atoms with Crippen molar-refractivity contribution in [3.05, 3.63) is 48.5 Å². The number of hydrogen-bond acceptors (Lipinski definition) is 4. The van der Waals surface area contributed by atoms with E-state index in [-0.39, 0.29) is 0 Å². The lowest BCUT2D eigenvalue weighted by Gasteiger charge is -2.14. The van der Waals surface area contributed by atoms with E-state index in [1.807, 2.05) is 18.2 Å². The molecule has 0 atom stereocenters. The van der Waals surface area contributed by atoms with Crippen LogP contribution in [0.3, 0.4) is 0 Å². The maximum absolute atomic E-state index is 6.46. The molecule has 0 aliphatic rings. The van der Waals surface area contributed by atoms with Crippen LogP contribution in [0.5, 0.6) is 0 Å². The van der Waals surface area contributed by atoms with Gasteiger partial charge in [-0.1, -0.05) is 19.8 Å². The van der Waals surface area contributed by atoms with Crippen molar-refractivity contribution >= 4 is 16.6 Å². The van der Waals surface area contributed by atoms with Gasteiger partial charge in [0.1, 0.15) is 0 Å². The highest BCUT2D eigenvalue weighted by Crippen LogP contribution is 2.32. The Labute approximate surface area is 130 Å². The van der Waals surface area contributed by atoms with Crippen LogP contribution in [0.1, 0.15) is 31.7 Å². The Kier molecular flexibility index (Phi) is 4.28. The average molecular weight is 292 g/mol. The molecular weight excluding hydrogens is 272 g/mol. The van der Waals surface area contributed by atoms with Crippen LogP contribution in [0, 0.1) is 0 Å². The predicted molar refractivity (Wildman–Crippen MR) is 90.4 cm³/mol. The lowest BCUT2D eigenvalue weighted by Crippen LogP contribution is -2.02. The van der Waals surface area contributed by atoms with Crippen LogP contribution in [0.2, 0.25) is 0 Å². The van der Waals surface area contributed by atoms with Crippen LogP contribution in [0.25, 0.3) is 22.2 Å². The van der Waals surface area contributed by atoms with E-state index < -0.39 is 0 Å². The summed E-state index contributed by atoms with van der Waals surface area (Å²) in [6.07, 6.45) is 11.6. The molecule has 0 aliphatic heterocycles. The second-order valence-corrected chi connectivity index (χ2v) is 5.44. The highest BCUT2D eigenvalue weighted by Gasteiger charge is 2.14. The number of nitrogens with two attached hydrogens (primary N) is 1. The molecule has 4 nitrogen and oxygen atoms in total. The second kappa shape index (κ2) is 6.52. The number of pyridine rings is 3. The fourth-order valence-electron chi connectivity index (χ4n) is 2.73. The van der Waals surface area contributed by atoms with Crippen LogP contribution in [0.4, 0.5) is 5.69 Å². The van der Waals surface area contributed by atoms with Crippen LogP contribution in [-0.4, -0.2) is 15.0 Å². The standard InChI is InChI=1S/C18H20N4/c1-2-3-4-5-15-17(19)14-8-11-21-12-16(14)22-18(15)13-6-9-20-10-7-13/h6-12H,2-5H2,1H3,(H2,19,22). The van der Waals surface area contributed by atoms with Crippen molar-refractivity contribution in [2.24, 2.45) is 0 Å². The molecule has 3 rings (SSSR count). The summed E-state index contributed by atoms with van der Waals surface area (Å²) in [6, 6.07) is 5.90. The molecule has 0 unspecified atom stereocenters. The zero-order valence-corrected chi connectivity index (χ0v) is 12.8. The average Bonchev–Trinajstić information content (AvgIpc) is 2.57. The van der Waals surface area contributed by atoms with E-state index in [2.05, 4.69) is 16.9 Å². The molecule has 0 bridgehead atoms. The van der Waals surface area contributed by atoms with E-state index in [1.54, 1.807) is 24.8 Å². The summed E-state index contributed by atoms with van der Waals surface area (Å²) in [5, 5.41) is 0.985. The Balaban J connectivity index is 2.17. The zero-order valence-electron chi connectivity index (χ0n) is 12.8. The Morgan fingerprint density at radius 3 is 2.55 bits per heavy atom. The molecular formula is C18H20N4. The first-order valence-corrected chi connectivity index (χ1v) is 7.73. The minimum absolute atomic E-state index is 0.829. The number of nitrogens with zero attached hydrogens (tertiary/aromatic N) is 3. The number of rotatable bonds is 5. The van der Waals surface area contributed by atoms with E-state index in [1.165, 1.54) is 12.8 Å². The van der Waals surface area contributed by atoms with Crippen LogP contribution in [0.15, 0.2) is 43.0 Å². The summed E-state index contributed by atoms with van der Waals surface area (Å²) >= 11 is 0. The molecule has 0 saturated carbocycles. The molecule has 4 heteroatoms. The SMILES string of the molecule is CCCCCc1c(-c2ccncc2)nc2cnccc2c1N. The number of anilines is 1. The molecule has 3 heterocycles. The zero-order chi connectivity index (χ0) is 15.4. The minimum Gasteiger partial charge on any atom is -0.398 e. The smallest absolute Gasteiger partial charge is 0.0913 e. The third kappa shape index (κ3) is 2.77. The molecule has 0 saturated heterocycles.